The maximum absolute atomic E-state index is 15.1. The molecule has 3 aromatic heterocycles. The van der Waals surface area contributed by atoms with Gasteiger partial charge in [0.15, 0.2) is 0 Å². The normalized spacial score (nSPS) is 13.0. The third-order valence-electron chi connectivity index (χ3n) is 7.55. The van der Waals surface area contributed by atoms with Crippen LogP contribution in [0.1, 0.15) is 52.3 Å². The summed E-state index contributed by atoms with van der Waals surface area (Å²) < 4.78 is 23.4. The summed E-state index contributed by atoms with van der Waals surface area (Å²) in [7, 11) is 0. The van der Waals surface area contributed by atoms with Crippen LogP contribution in [0.4, 0.5) is 4.39 Å². The number of hydrogen-bond acceptors (Lipinski definition) is 7. The summed E-state index contributed by atoms with van der Waals surface area (Å²) in [6.45, 7) is 3.62. The van der Waals surface area contributed by atoms with Crippen molar-refractivity contribution in [1.82, 2.24) is 14.5 Å². The number of hydrogen-bond donors (Lipinski definition) is 1. The smallest absolute Gasteiger partial charge is 0.338 e. The number of carboxylic acid groups (broad SMARTS) is 1. The largest absolute Gasteiger partial charge is 0.491 e. The molecule has 0 spiro atoms. The first kappa shape index (κ1) is 28.5. The number of carbonyl (C=O) groups is 1. The average molecular weight is 615 g/mol. The Labute approximate surface area is 254 Å². The van der Waals surface area contributed by atoms with E-state index in [0.717, 1.165) is 24.0 Å². The second kappa shape index (κ2) is 11.2. The number of aryl methyl sites for hydroxylation is 2. The highest BCUT2D eigenvalue weighted by Gasteiger charge is 2.23. The molecule has 1 aliphatic rings. The van der Waals surface area contributed by atoms with Crippen LogP contribution in [0.2, 0.25) is 5.02 Å². The van der Waals surface area contributed by atoms with Crippen molar-refractivity contribution in [3.63, 3.8) is 0 Å². The second-order valence-corrected chi connectivity index (χ2v) is 11.6. The zero-order chi connectivity index (χ0) is 30.4. The molecule has 1 aliphatic carbocycles. The van der Waals surface area contributed by atoms with Gasteiger partial charge in [0.05, 0.1) is 38.8 Å². The van der Waals surface area contributed by atoms with Crippen molar-refractivity contribution in [2.45, 2.75) is 39.7 Å². The van der Waals surface area contributed by atoms with Gasteiger partial charge in [0, 0.05) is 38.9 Å². The van der Waals surface area contributed by atoms with Gasteiger partial charge in [-0.2, -0.15) is 5.26 Å². The molecule has 2 aromatic carbocycles. The van der Waals surface area contributed by atoms with Gasteiger partial charge in [0.25, 0.3) is 5.56 Å². The summed E-state index contributed by atoms with van der Waals surface area (Å²) in [4.78, 5) is 34.4. The monoisotopic (exact) mass is 614 g/mol. The Kier molecular flexibility index (Phi) is 7.46. The van der Waals surface area contributed by atoms with E-state index in [4.69, 9.17) is 16.3 Å². The number of nitriles is 1. The van der Waals surface area contributed by atoms with Crippen molar-refractivity contribution in [1.29, 1.82) is 5.26 Å². The number of ether oxygens (including phenoxy) is 1. The number of rotatable bonds is 7. The van der Waals surface area contributed by atoms with E-state index in [1.165, 1.54) is 22.0 Å². The molecule has 0 saturated heterocycles. The van der Waals surface area contributed by atoms with Crippen LogP contribution in [0, 0.1) is 31.0 Å². The fourth-order valence-electron chi connectivity index (χ4n) is 5.62. The van der Waals surface area contributed by atoms with E-state index in [1.807, 2.05) is 12.1 Å². The number of pyridine rings is 1. The van der Waals surface area contributed by atoms with Gasteiger partial charge in [-0.05, 0) is 62.9 Å². The highest BCUT2D eigenvalue weighted by Crippen LogP contribution is 2.40. The van der Waals surface area contributed by atoms with Gasteiger partial charge in [-0.3, -0.25) is 14.3 Å². The molecule has 43 heavy (non-hydrogen) atoms. The van der Waals surface area contributed by atoms with Gasteiger partial charge in [0.1, 0.15) is 30.1 Å². The van der Waals surface area contributed by atoms with E-state index in [9.17, 15) is 20.0 Å². The minimum atomic E-state index is -1.06. The molecule has 11 heteroatoms. The molecule has 0 amide bonds. The van der Waals surface area contributed by atoms with Gasteiger partial charge >= 0.3 is 5.97 Å². The van der Waals surface area contributed by atoms with E-state index in [1.54, 1.807) is 37.4 Å². The minimum absolute atomic E-state index is 0.00376. The quantitative estimate of drug-likeness (QED) is 0.204. The van der Waals surface area contributed by atoms with E-state index in [2.05, 4.69) is 16.0 Å². The molecule has 0 unspecified atom stereocenters. The van der Waals surface area contributed by atoms with Crippen molar-refractivity contribution in [2.75, 3.05) is 6.61 Å². The first-order valence-electron chi connectivity index (χ1n) is 13.6. The number of thiophene rings is 1. The van der Waals surface area contributed by atoms with E-state index < -0.39 is 17.3 Å². The van der Waals surface area contributed by atoms with Crippen LogP contribution in [0.15, 0.2) is 46.6 Å². The Bertz CT molecular complexity index is 2110. The van der Waals surface area contributed by atoms with E-state index >= 15 is 4.39 Å². The molecule has 0 atom stereocenters. The topological polar surface area (TPSA) is 118 Å². The Morgan fingerprint density at radius 2 is 2.05 bits per heavy atom. The number of aromatic carboxylic acids is 1. The fraction of sp³-hybridized carbons (Fsp3) is 0.219. The molecular weight excluding hydrogens is 591 g/mol. The maximum atomic E-state index is 15.1. The van der Waals surface area contributed by atoms with Crippen LogP contribution in [-0.2, 0) is 6.54 Å². The average Bonchev–Trinajstić information content (AvgIpc) is 3.65. The second-order valence-electron chi connectivity index (χ2n) is 10.3. The Hall–Kier alpha value is -4.59. The molecule has 0 saturated carbocycles. The number of halogens is 2. The lowest BCUT2D eigenvalue weighted by Crippen LogP contribution is -2.27. The van der Waals surface area contributed by atoms with E-state index in [-0.39, 0.29) is 40.7 Å². The highest BCUT2D eigenvalue weighted by molar-refractivity contribution is 7.18. The molecule has 6 rings (SSSR count). The van der Waals surface area contributed by atoms with Gasteiger partial charge in [-0.25, -0.2) is 14.2 Å². The van der Waals surface area contributed by atoms with Crippen LogP contribution in [0.25, 0.3) is 37.8 Å². The Morgan fingerprint density at radius 3 is 2.77 bits per heavy atom. The summed E-state index contributed by atoms with van der Waals surface area (Å²) in [5.41, 5.74) is 3.16. The molecule has 0 fully saturated rings. The summed E-state index contributed by atoms with van der Waals surface area (Å²) in [5, 5.41) is 21.7. The lowest BCUT2D eigenvalue weighted by molar-refractivity contribution is 0.0699. The lowest BCUT2D eigenvalue weighted by atomic mass is 9.96. The molecule has 5 aromatic rings. The number of benzene rings is 2. The van der Waals surface area contributed by atoms with Crippen LogP contribution in [0.3, 0.4) is 0 Å². The van der Waals surface area contributed by atoms with Gasteiger partial charge < -0.3 is 9.84 Å². The SMILES string of the molecule is Cc1cc(-c2cc(Cl)ccc2OCCn2c(C)nc3cc(F)c(C4=CCCC4)c(C#N)c3c2=O)c2scc(C(=O)O)c2n1. The highest BCUT2D eigenvalue weighted by atomic mass is 35.5. The van der Waals surface area contributed by atoms with Crippen molar-refractivity contribution < 1.29 is 19.0 Å². The van der Waals surface area contributed by atoms with Crippen molar-refractivity contribution in [3.05, 3.63) is 91.2 Å². The lowest BCUT2D eigenvalue weighted by Gasteiger charge is -2.16. The molecule has 1 N–H and O–H groups in total. The van der Waals surface area contributed by atoms with Gasteiger partial charge in [0.2, 0.25) is 0 Å². The predicted molar refractivity (Wildman–Crippen MR) is 164 cm³/mol. The molecule has 216 valence electrons. The van der Waals surface area contributed by atoms with Crippen molar-refractivity contribution >= 4 is 55.6 Å². The third-order valence-corrected chi connectivity index (χ3v) is 8.79. The zero-order valence-electron chi connectivity index (χ0n) is 23.2. The van der Waals surface area contributed by atoms with Gasteiger partial charge in [-0.15, -0.1) is 11.3 Å². The summed E-state index contributed by atoms with van der Waals surface area (Å²) in [6.07, 6.45) is 4.24. The Morgan fingerprint density at radius 1 is 1.23 bits per heavy atom. The van der Waals surface area contributed by atoms with Crippen LogP contribution < -0.4 is 10.3 Å². The summed E-state index contributed by atoms with van der Waals surface area (Å²) in [6, 6.07) is 10.3. The molecule has 0 radical (unpaired) electrons. The number of fused-ring (bicyclic) bond motifs is 2. The number of carboxylic acids is 1. The zero-order valence-corrected chi connectivity index (χ0v) is 24.8. The minimum Gasteiger partial charge on any atom is -0.491 e. The number of nitrogens with zero attached hydrogens (tertiary/aromatic N) is 4. The summed E-state index contributed by atoms with van der Waals surface area (Å²) >= 11 is 7.64. The number of allylic oxidation sites excluding steroid dienone is 2. The van der Waals surface area contributed by atoms with Gasteiger partial charge in [-0.1, -0.05) is 17.7 Å². The predicted octanol–water partition coefficient (Wildman–Crippen LogP) is 7.30. The molecule has 0 bridgehead atoms. The van der Waals surface area contributed by atoms with Crippen LogP contribution >= 0.6 is 22.9 Å². The standard InChI is InChI=1S/C32H24ClFN4O4S/c1-16-11-21(30-29(36-16)23(15-43-30)32(40)41)20-12-19(33)7-8-26(20)42-10-9-38-17(2)37-25-13-24(34)27(18-5-3-4-6-18)22(14-35)28(25)31(38)39/h5,7-8,11-13,15H,3-4,6,9-10H2,1-2H3,(H,40,41). The van der Waals surface area contributed by atoms with Crippen LogP contribution in [-0.4, -0.2) is 32.2 Å². The summed E-state index contributed by atoms with van der Waals surface area (Å²) in [5.74, 6) is -0.769. The molecule has 0 aliphatic heterocycles. The fourth-order valence-corrected chi connectivity index (χ4v) is 6.80. The van der Waals surface area contributed by atoms with Crippen LogP contribution in [0.5, 0.6) is 5.75 Å². The molecule has 8 nitrogen and oxygen atoms in total. The molecule has 3 heterocycles. The first-order valence-corrected chi connectivity index (χ1v) is 14.8. The third kappa shape index (κ3) is 5.05. The Balaban J connectivity index is 1.37. The number of aromatic nitrogens is 3. The van der Waals surface area contributed by atoms with Crippen molar-refractivity contribution in [2.24, 2.45) is 0 Å². The molecular formula is C32H24ClFN4O4S. The first-order chi connectivity index (χ1) is 20.7. The van der Waals surface area contributed by atoms with E-state index in [0.29, 0.717) is 44.5 Å². The van der Waals surface area contributed by atoms with Crippen molar-refractivity contribution in [3.8, 4) is 22.9 Å². The maximum Gasteiger partial charge on any atom is 0.338 e.